The number of carbonyl (C=O) groups excluding carboxylic acids is 1. The molecule has 3 N–H and O–H groups in total. The van der Waals surface area contributed by atoms with Crippen molar-refractivity contribution in [1.82, 2.24) is 0 Å². The van der Waals surface area contributed by atoms with Crippen LogP contribution in [0.25, 0.3) is 23.1 Å². The molecular formula is C27H26N3O+. The second-order valence-corrected chi connectivity index (χ2v) is 7.44. The number of aromatic nitrogens is 1. The molecule has 4 rings (SSSR count). The molecule has 0 aliphatic carbocycles. The van der Waals surface area contributed by atoms with Crippen molar-refractivity contribution in [3.8, 4) is 0 Å². The number of hydrogen-bond donors (Lipinski definition) is 2. The molecule has 1 heterocycles. The number of fused-ring (bicyclic) bond motifs is 1. The summed E-state index contributed by atoms with van der Waals surface area (Å²) in [4.78, 5) is 11.7. The second-order valence-electron chi connectivity index (χ2n) is 7.44. The molecule has 4 nitrogen and oxygen atoms in total. The van der Waals surface area contributed by atoms with Crippen molar-refractivity contribution in [2.75, 3.05) is 11.9 Å². The molecule has 0 aliphatic heterocycles. The summed E-state index contributed by atoms with van der Waals surface area (Å²) in [5.74, 6) is -0.0645. The van der Waals surface area contributed by atoms with Gasteiger partial charge in [-0.3, -0.25) is 4.79 Å². The largest absolute Gasteiger partial charge is 0.330 e. The van der Waals surface area contributed by atoms with Gasteiger partial charge in [-0.1, -0.05) is 66.7 Å². The van der Waals surface area contributed by atoms with Crippen molar-refractivity contribution in [1.29, 1.82) is 0 Å². The van der Waals surface area contributed by atoms with Crippen LogP contribution in [0.4, 0.5) is 5.69 Å². The van der Waals surface area contributed by atoms with Gasteiger partial charge in [0, 0.05) is 36.3 Å². The summed E-state index contributed by atoms with van der Waals surface area (Å²) < 4.78 is 2.28. The van der Waals surface area contributed by atoms with Crippen molar-refractivity contribution in [3.63, 3.8) is 0 Å². The molecule has 0 unspecified atom stereocenters. The second kappa shape index (κ2) is 9.83. The van der Waals surface area contributed by atoms with Gasteiger partial charge >= 0.3 is 0 Å². The van der Waals surface area contributed by atoms with E-state index in [9.17, 15) is 4.79 Å². The van der Waals surface area contributed by atoms with E-state index >= 15 is 0 Å². The third-order valence-corrected chi connectivity index (χ3v) is 5.18. The molecule has 0 fully saturated rings. The molecule has 4 heteroatoms. The van der Waals surface area contributed by atoms with E-state index in [1.807, 2.05) is 30.3 Å². The van der Waals surface area contributed by atoms with E-state index in [4.69, 9.17) is 5.73 Å². The van der Waals surface area contributed by atoms with Gasteiger partial charge in [0.15, 0.2) is 12.7 Å². The molecule has 0 aliphatic rings. The number of para-hydroxylation sites is 1. The molecule has 0 spiro atoms. The third kappa shape index (κ3) is 5.24. The minimum Gasteiger partial charge on any atom is -0.330 e. The number of benzene rings is 3. The Morgan fingerprint density at radius 3 is 2.39 bits per heavy atom. The van der Waals surface area contributed by atoms with Crippen molar-refractivity contribution >= 4 is 34.6 Å². The molecule has 3 aromatic carbocycles. The fourth-order valence-corrected chi connectivity index (χ4v) is 3.59. The first-order chi connectivity index (χ1) is 15.2. The Labute approximate surface area is 182 Å². The van der Waals surface area contributed by atoms with E-state index in [0.717, 1.165) is 17.8 Å². The minimum absolute atomic E-state index is 0.0645. The molecule has 1 amide bonds. The highest BCUT2D eigenvalue weighted by molar-refractivity contribution is 5.91. The molecule has 0 atom stereocenters. The quantitative estimate of drug-likeness (QED) is 0.438. The Morgan fingerprint density at radius 2 is 1.61 bits per heavy atom. The lowest BCUT2D eigenvalue weighted by molar-refractivity contribution is -0.662. The van der Waals surface area contributed by atoms with E-state index in [1.165, 1.54) is 22.0 Å². The lowest BCUT2D eigenvalue weighted by atomic mass is 10.1. The van der Waals surface area contributed by atoms with Crippen LogP contribution in [0.3, 0.4) is 0 Å². The van der Waals surface area contributed by atoms with Gasteiger partial charge in [-0.15, -0.1) is 0 Å². The molecular weight excluding hydrogens is 382 g/mol. The maximum atomic E-state index is 11.7. The Balaban J connectivity index is 1.55. The van der Waals surface area contributed by atoms with Crippen LogP contribution in [-0.4, -0.2) is 12.5 Å². The van der Waals surface area contributed by atoms with Crippen molar-refractivity contribution < 1.29 is 9.36 Å². The zero-order valence-electron chi connectivity index (χ0n) is 17.4. The molecule has 0 radical (unpaired) electrons. The van der Waals surface area contributed by atoms with E-state index in [1.54, 1.807) is 0 Å². The van der Waals surface area contributed by atoms with Crippen LogP contribution < -0.4 is 15.6 Å². The van der Waals surface area contributed by atoms with Gasteiger partial charge in [0.05, 0.1) is 5.39 Å². The standard InChI is InChI=1S/C27H25N3O/c28-18-16-27(31)29-24-14-11-21(12-15-24)10-13-23-17-19-30(20-22-6-2-1-3-7-22)26-9-5-4-8-25(23)26/h1-15,17,19H,16,18,20,28H2/p+1. The van der Waals surface area contributed by atoms with Crippen molar-refractivity contribution in [3.05, 3.63) is 108 Å². The van der Waals surface area contributed by atoms with Crippen LogP contribution in [0, 0.1) is 0 Å². The Hall–Kier alpha value is -3.76. The molecule has 0 bridgehead atoms. The number of nitrogens with two attached hydrogens (primary N) is 1. The Morgan fingerprint density at radius 1 is 0.871 bits per heavy atom. The molecule has 0 saturated heterocycles. The van der Waals surface area contributed by atoms with Crippen LogP contribution in [0.2, 0.25) is 0 Å². The first-order valence-electron chi connectivity index (χ1n) is 10.5. The summed E-state index contributed by atoms with van der Waals surface area (Å²) in [6, 6.07) is 28.9. The van der Waals surface area contributed by atoms with Gasteiger partial charge in [0.2, 0.25) is 11.4 Å². The predicted molar refractivity (Wildman–Crippen MR) is 127 cm³/mol. The summed E-state index contributed by atoms with van der Waals surface area (Å²) in [6.07, 6.45) is 6.70. The molecule has 1 aromatic heterocycles. The van der Waals surface area contributed by atoms with E-state index in [0.29, 0.717) is 13.0 Å². The third-order valence-electron chi connectivity index (χ3n) is 5.18. The first kappa shape index (κ1) is 20.5. The SMILES string of the molecule is NCCC(=O)Nc1ccc(C=Cc2cc[n+](Cc3ccccc3)c3ccccc23)cc1. The summed E-state index contributed by atoms with van der Waals surface area (Å²) in [5.41, 5.74) is 10.9. The fourth-order valence-electron chi connectivity index (χ4n) is 3.59. The fraction of sp³-hybridized carbons (Fsp3) is 0.111. The van der Waals surface area contributed by atoms with E-state index in [-0.39, 0.29) is 5.91 Å². The number of anilines is 1. The van der Waals surface area contributed by atoms with Crippen LogP contribution in [0.5, 0.6) is 0 Å². The maximum Gasteiger partial charge on any atom is 0.225 e. The van der Waals surface area contributed by atoms with Crippen LogP contribution in [0.15, 0.2) is 91.1 Å². The number of hydrogen-bond acceptors (Lipinski definition) is 2. The number of carbonyl (C=O) groups is 1. The maximum absolute atomic E-state index is 11.7. The topological polar surface area (TPSA) is 59.0 Å². The number of nitrogens with one attached hydrogen (secondary N) is 1. The predicted octanol–water partition coefficient (Wildman–Crippen LogP) is 4.63. The number of amides is 1. The molecule has 0 saturated carbocycles. The van der Waals surface area contributed by atoms with Gasteiger partial charge in [-0.05, 0) is 29.3 Å². The van der Waals surface area contributed by atoms with E-state index < -0.39 is 0 Å². The first-order valence-corrected chi connectivity index (χ1v) is 10.5. The van der Waals surface area contributed by atoms with Crippen LogP contribution in [-0.2, 0) is 11.3 Å². The monoisotopic (exact) mass is 408 g/mol. The van der Waals surface area contributed by atoms with E-state index in [2.05, 4.69) is 82.8 Å². The highest BCUT2D eigenvalue weighted by Gasteiger charge is 2.11. The molecule has 4 aromatic rings. The lowest BCUT2D eigenvalue weighted by Gasteiger charge is -2.05. The number of nitrogens with zero attached hydrogens (tertiary/aromatic N) is 1. The van der Waals surface area contributed by atoms with Crippen LogP contribution >= 0.6 is 0 Å². The van der Waals surface area contributed by atoms with Crippen molar-refractivity contribution in [2.45, 2.75) is 13.0 Å². The molecule has 31 heavy (non-hydrogen) atoms. The highest BCUT2D eigenvalue weighted by atomic mass is 16.1. The Kier molecular flexibility index (Phi) is 6.50. The summed E-state index contributed by atoms with van der Waals surface area (Å²) in [6.45, 7) is 1.19. The average molecular weight is 409 g/mol. The minimum atomic E-state index is -0.0645. The number of pyridine rings is 1. The normalized spacial score (nSPS) is 11.1. The summed E-state index contributed by atoms with van der Waals surface area (Å²) >= 11 is 0. The van der Waals surface area contributed by atoms with Gasteiger partial charge in [0.1, 0.15) is 0 Å². The smallest absolute Gasteiger partial charge is 0.225 e. The van der Waals surface area contributed by atoms with Gasteiger partial charge < -0.3 is 11.1 Å². The Bertz CT molecular complexity index is 1200. The number of rotatable bonds is 7. The van der Waals surface area contributed by atoms with Gasteiger partial charge in [-0.2, -0.15) is 4.57 Å². The average Bonchev–Trinajstić information content (AvgIpc) is 2.80. The lowest BCUT2D eigenvalue weighted by Crippen LogP contribution is -2.34. The van der Waals surface area contributed by atoms with Crippen molar-refractivity contribution in [2.24, 2.45) is 5.73 Å². The molecule has 154 valence electrons. The summed E-state index contributed by atoms with van der Waals surface area (Å²) in [7, 11) is 0. The zero-order chi connectivity index (χ0) is 21.5. The zero-order valence-corrected chi connectivity index (χ0v) is 17.4. The highest BCUT2D eigenvalue weighted by Crippen LogP contribution is 2.19. The summed E-state index contributed by atoms with van der Waals surface area (Å²) in [5, 5.41) is 4.06. The van der Waals surface area contributed by atoms with Gasteiger partial charge in [0.25, 0.3) is 0 Å². The van der Waals surface area contributed by atoms with Crippen LogP contribution in [0.1, 0.15) is 23.1 Å². The van der Waals surface area contributed by atoms with Gasteiger partial charge in [-0.25, -0.2) is 0 Å².